The molecular weight excluding hydrogens is 530 g/mol. The summed E-state index contributed by atoms with van der Waals surface area (Å²) in [6.45, 7) is 2.55. The number of anilines is 1. The van der Waals surface area contributed by atoms with Crippen LogP contribution in [0.4, 0.5) is 18.9 Å². The van der Waals surface area contributed by atoms with Crippen LogP contribution in [-0.4, -0.2) is 50.5 Å². The van der Waals surface area contributed by atoms with Gasteiger partial charge in [-0.25, -0.2) is 8.42 Å². The Labute approximate surface area is 211 Å². The second kappa shape index (κ2) is 11.5. The molecule has 7 nitrogen and oxygen atoms in total. The highest BCUT2D eigenvalue weighted by Gasteiger charge is 2.35. The van der Waals surface area contributed by atoms with Gasteiger partial charge in [-0.2, -0.15) is 13.2 Å². The highest BCUT2D eigenvalue weighted by molar-refractivity contribution is 7.92. The van der Waals surface area contributed by atoms with Crippen molar-refractivity contribution >= 4 is 50.7 Å². The Morgan fingerprint density at radius 3 is 2.20 bits per heavy atom. The normalized spacial score (nSPS) is 12.7. The van der Waals surface area contributed by atoms with E-state index in [2.05, 4.69) is 5.32 Å². The highest BCUT2D eigenvalue weighted by atomic mass is 35.5. The van der Waals surface area contributed by atoms with E-state index in [1.807, 2.05) is 0 Å². The molecule has 0 fully saturated rings. The zero-order chi connectivity index (χ0) is 26.6. The smallest absolute Gasteiger partial charge is 0.355 e. The first-order chi connectivity index (χ1) is 16.1. The fourth-order valence-corrected chi connectivity index (χ4v) is 4.38. The molecule has 2 rings (SSSR count). The molecule has 2 aromatic carbocycles. The number of nitrogens with one attached hydrogen (secondary N) is 1. The number of benzene rings is 2. The third kappa shape index (κ3) is 7.74. The van der Waals surface area contributed by atoms with E-state index >= 15 is 0 Å². The minimum atomic E-state index is -4.84. The van der Waals surface area contributed by atoms with E-state index in [0.29, 0.717) is 27.5 Å². The van der Waals surface area contributed by atoms with Crippen molar-refractivity contribution in [1.82, 2.24) is 10.2 Å². The first-order valence-electron chi connectivity index (χ1n) is 10.3. The lowest BCUT2D eigenvalue weighted by molar-refractivity contribution is -0.139. The van der Waals surface area contributed by atoms with Crippen molar-refractivity contribution in [2.75, 3.05) is 23.7 Å². The summed E-state index contributed by atoms with van der Waals surface area (Å²) < 4.78 is 65.5. The van der Waals surface area contributed by atoms with Crippen LogP contribution in [0.15, 0.2) is 42.5 Å². The Hall–Kier alpha value is -2.50. The molecule has 2 amide bonds. The Bertz CT molecular complexity index is 1180. The third-order valence-electron chi connectivity index (χ3n) is 5.01. The highest BCUT2D eigenvalue weighted by Crippen LogP contribution is 2.37. The zero-order valence-electron chi connectivity index (χ0n) is 19.1. The van der Waals surface area contributed by atoms with Gasteiger partial charge in [0.15, 0.2) is 0 Å². The van der Waals surface area contributed by atoms with E-state index in [1.54, 1.807) is 31.2 Å². The Morgan fingerprint density at radius 2 is 1.69 bits per heavy atom. The molecule has 0 saturated heterocycles. The van der Waals surface area contributed by atoms with Crippen LogP contribution in [0.2, 0.25) is 10.0 Å². The summed E-state index contributed by atoms with van der Waals surface area (Å²) in [4.78, 5) is 26.9. The second-order valence-corrected chi connectivity index (χ2v) is 10.4. The third-order valence-corrected chi connectivity index (χ3v) is 6.73. The van der Waals surface area contributed by atoms with Gasteiger partial charge in [0.25, 0.3) is 0 Å². The number of nitrogens with zero attached hydrogens (tertiary/aromatic N) is 2. The zero-order valence-corrected chi connectivity index (χ0v) is 21.4. The summed E-state index contributed by atoms with van der Waals surface area (Å²) in [7, 11) is -4.20. The topological polar surface area (TPSA) is 86.8 Å². The molecule has 0 unspecified atom stereocenters. The standard InChI is InChI=1S/C22H24Cl2F3N3O4S/c1-4-28-21(32)14(2)29(12-15-5-7-16(23)8-6-15)20(31)13-30(35(3,33)34)17-9-10-19(24)18(11-17)22(25,26)27/h5-11,14H,4,12-13H2,1-3H3,(H,28,32)/t14-/m1/s1. The van der Waals surface area contributed by atoms with Gasteiger partial charge in [0.05, 0.1) is 22.5 Å². The summed E-state index contributed by atoms with van der Waals surface area (Å²) in [6, 6.07) is 7.99. The first-order valence-corrected chi connectivity index (χ1v) is 12.9. The monoisotopic (exact) mass is 553 g/mol. The predicted octanol–water partition coefficient (Wildman–Crippen LogP) is 4.33. The van der Waals surface area contributed by atoms with Crippen molar-refractivity contribution < 1.29 is 31.2 Å². The van der Waals surface area contributed by atoms with Gasteiger partial charge < -0.3 is 10.2 Å². The molecule has 0 aromatic heterocycles. The minimum Gasteiger partial charge on any atom is -0.355 e. The number of carbonyl (C=O) groups is 2. The van der Waals surface area contributed by atoms with Crippen LogP contribution in [0.5, 0.6) is 0 Å². The van der Waals surface area contributed by atoms with Gasteiger partial charge in [0, 0.05) is 18.1 Å². The summed E-state index contributed by atoms with van der Waals surface area (Å²) in [5.41, 5.74) is -1.03. The molecule has 1 atom stereocenters. The van der Waals surface area contributed by atoms with Gasteiger partial charge >= 0.3 is 6.18 Å². The molecular formula is C22H24Cl2F3N3O4S. The predicted molar refractivity (Wildman–Crippen MR) is 129 cm³/mol. The average molecular weight is 554 g/mol. The maximum absolute atomic E-state index is 13.3. The molecule has 1 N–H and O–H groups in total. The van der Waals surface area contributed by atoms with Gasteiger partial charge in [-0.15, -0.1) is 0 Å². The van der Waals surface area contributed by atoms with Gasteiger partial charge in [-0.1, -0.05) is 35.3 Å². The number of hydrogen-bond acceptors (Lipinski definition) is 4. The fraction of sp³-hybridized carbons (Fsp3) is 0.364. The number of hydrogen-bond donors (Lipinski definition) is 1. The summed E-state index contributed by atoms with van der Waals surface area (Å²) in [5.74, 6) is -1.28. The van der Waals surface area contributed by atoms with Crippen LogP contribution >= 0.6 is 23.2 Å². The number of amides is 2. The van der Waals surface area contributed by atoms with E-state index in [-0.39, 0.29) is 6.54 Å². The molecule has 0 spiro atoms. The number of sulfonamides is 1. The average Bonchev–Trinajstić information content (AvgIpc) is 2.75. The van der Waals surface area contributed by atoms with Crippen molar-refractivity contribution in [3.63, 3.8) is 0 Å². The minimum absolute atomic E-state index is 0.0691. The van der Waals surface area contributed by atoms with Crippen LogP contribution in [0.25, 0.3) is 0 Å². The van der Waals surface area contributed by atoms with E-state index in [1.165, 1.54) is 6.92 Å². The molecule has 0 aliphatic carbocycles. The van der Waals surface area contributed by atoms with Crippen LogP contribution in [0.3, 0.4) is 0 Å². The summed E-state index contributed by atoms with van der Waals surface area (Å²) in [5, 5.41) is 2.43. The van der Waals surface area contributed by atoms with Crippen molar-refractivity contribution in [1.29, 1.82) is 0 Å². The maximum atomic E-state index is 13.3. The van der Waals surface area contributed by atoms with Crippen LogP contribution < -0.4 is 9.62 Å². The molecule has 35 heavy (non-hydrogen) atoms. The lowest BCUT2D eigenvalue weighted by Gasteiger charge is -2.31. The molecule has 0 aliphatic heterocycles. The van der Waals surface area contributed by atoms with Crippen molar-refractivity contribution in [2.24, 2.45) is 0 Å². The molecule has 2 aromatic rings. The fourth-order valence-electron chi connectivity index (χ4n) is 3.19. The Morgan fingerprint density at radius 1 is 1.09 bits per heavy atom. The molecule has 0 aliphatic rings. The molecule has 0 radical (unpaired) electrons. The Balaban J connectivity index is 2.46. The first kappa shape index (κ1) is 28.7. The van der Waals surface area contributed by atoms with Crippen LogP contribution in [-0.2, 0) is 32.3 Å². The second-order valence-electron chi connectivity index (χ2n) is 7.65. The maximum Gasteiger partial charge on any atom is 0.417 e. The van der Waals surface area contributed by atoms with E-state index in [0.717, 1.165) is 23.3 Å². The summed E-state index contributed by atoms with van der Waals surface area (Å²) >= 11 is 11.5. The number of rotatable bonds is 9. The van der Waals surface area contributed by atoms with Gasteiger partial charge in [-0.3, -0.25) is 13.9 Å². The van der Waals surface area contributed by atoms with Gasteiger partial charge in [0.2, 0.25) is 21.8 Å². The lowest BCUT2D eigenvalue weighted by atomic mass is 10.1. The van der Waals surface area contributed by atoms with Crippen LogP contribution in [0, 0.1) is 0 Å². The molecule has 0 saturated carbocycles. The number of likely N-dealkylation sites (N-methyl/N-ethyl adjacent to an activating group) is 1. The molecule has 192 valence electrons. The largest absolute Gasteiger partial charge is 0.417 e. The van der Waals surface area contributed by atoms with E-state index < -0.39 is 56.9 Å². The molecule has 0 heterocycles. The lowest BCUT2D eigenvalue weighted by Crippen LogP contribution is -2.51. The molecule has 13 heteroatoms. The van der Waals surface area contributed by atoms with Crippen molar-refractivity contribution in [2.45, 2.75) is 32.6 Å². The van der Waals surface area contributed by atoms with Crippen molar-refractivity contribution in [3.05, 3.63) is 63.6 Å². The quantitative estimate of drug-likeness (QED) is 0.500. The van der Waals surface area contributed by atoms with E-state index in [4.69, 9.17) is 23.2 Å². The Kier molecular flexibility index (Phi) is 9.43. The van der Waals surface area contributed by atoms with Gasteiger partial charge in [0.1, 0.15) is 12.6 Å². The number of alkyl halides is 3. The van der Waals surface area contributed by atoms with Crippen LogP contribution in [0.1, 0.15) is 25.0 Å². The molecule has 0 bridgehead atoms. The van der Waals surface area contributed by atoms with Gasteiger partial charge in [-0.05, 0) is 49.7 Å². The van der Waals surface area contributed by atoms with E-state index in [9.17, 15) is 31.2 Å². The SMILES string of the molecule is CCNC(=O)[C@@H](C)N(Cc1ccc(Cl)cc1)C(=O)CN(c1ccc(Cl)c(C(F)(F)F)c1)S(C)(=O)=O. The number of carbonyl (C=O) groups excluding carboxylic acids is 2. The number of halogens is 5. The van der Waals surface area contributed by atoms with Crippen molar-refractivity contribution in [3.8, 4) is 0 Å². The summed E-state index contributed by atoms with van der Waals surface area (Å²) in [6.07, 6.45) is -4.08.